The van der Waals surface area contributed by atoms with Crippen LogP contribution in [0.25, 0.3) is 11.1 Å². The monoisotopic (exact) mass is 454 g/mol. The summed E-state index contributed by atoms with van der Waals surface area (Å²) in [6.45, 7) is 3.39. The zero-order valence-electron chi connectivity index (χ0n) is 18.8. The fourth-order valence-corrected chi connectivity index (χ4v) is 4.05. The number of carboxylic acid groups (broad SMARTS) is 1. The quantitative estimate of drug-likeness (QED) is 0.437. The molecular weight excluding hydrogens is 424 g/mol. The summed E-state index contributed by atoms with van der Waals surface area (Å²) in [7, 11) is 0. The van der Waals surface area contributed by atoms with Crippen molar-refractivity contribution in [2.45, 2.75) is 50.6 Å². The molecule has 0 bridgehead atoms. The number of ether oxygens (including phenoxy) is 1. The Hall–Kier alpha value is -3.39. The van der Waals surface area contributed by atoms with E-state index in [2.05, 4.69) is 22.8 Å². The Labute approximate surface area is 193 Å². The van der Waals surface area contributed by atoms with Gasteiger partial charge in [-0.2, -0.15) is 0 Å². The molecular formula is C25H30N2O6. The van der Waals surface area contributed by atoms with Crippen LogP contribution in [0.2, 0.25) is 0 Å². The number of amides is 2. The molecule has 8 heteroatoms. The van der Waals surface area contributed by atoms with E-state index in [-0.39, 0.29) is 38.4 Å². The zero-order valence-corrected chi connectivity index (χ0v) is 18.8. The first-order valence-corrected chi connectivity index (χ1v) is 11.0. The number of fused-ring (bicyclic) bond motifs is 3. The summed E-state index contributed by atoms with van der Waals surface area (Å²) in [5.74, 6) is -1.71. The van der Waals surface area contributed by atoms with Crippen LogP contribution in [0.4, 0.5) is 4.79 Å². The van der Waals surface area contributed by atoms with Gasteiger partial charge in [-0.25, -0.2) is 9.59 Å². The van der Waals surface area contributed by atoms with Crippen LogP contribution in [0.15, 0.2) is 48.5 Å². The molecule has 0 unspecified atom stereocenters. The Morgan fingerprint density at radius 3 is 2.15 bits per heavy atom. The van der Waals surface area contributed by atoms with Crippen LogP contribution in [0.5, 0.6) is 0 Å². The molecule has 176 valence electrons. The summed E-state index contributed by atoms with van der Waals surface area (Å²) in [6, 6.07) is 15.0. The van der Waals surface area contributed by atoms with E-state index >= 15 is 0 Å². The van der Waals surface area contributed by atoms with Gasteiger partial charge in [-0.15, -0.1) is 0 Å². The summed E-state index contributed by atoms with van der Waals surface area (Å²) in [6.07, 6.45) is -0.339. The lowest BCUT2D eigenvalue weighted by atomic mass is 9.98. The van der Waals surface area contributed by atoms with E-state index in [1.54, 1.807) is 13.8 Å². The van der Waals surface area contributed by atoms with Gasteiger partial charge in [0.1, 0.15) is 12.6 Å². The highest BCUT2D eigenvalue weighted by molar-refractivity contribution is 5.83. The predicted molar refractivity (Wildman–Crippen MR) is 123 cm³/mol. The van der Waals surface area contributed by atoms with Gasteiger partial charge in [0, 0.05) is 30.9 Å². The van der Waals surface area contributed by atoms with E-state index in [0.717, 1.165) is 22.3 Å². The highest BCUT2D eigenvalue weighted by Gasteiger charge is 2.30. The second-order valence-corrected chi connectivity index (χ2v) is 8.81. The average Bonchev–Trinajstić information content (AvgIpc) is 3.09. The summed E-state index contributed by atoms with van der Waals surface area (Å²) in [5.41, 5.74) is 3.80. The van der Waals surface area contributed by atoms with Crippen molar-refractivity contribution in [3.05, 3.63) is 59.7 Å². The molecule has 3 rings (SSSR count). The Morgan fingerprint density at radius 1 is 1.03 bits per heavy atom. The third-order valence-corrected chi connectivity index (χ3v) is 5.81. The van der Waals surface area contributed by atoms with Crippen LogP contribution in [0.3, 0.4) is 0 Å². The van der Waals surface area contributed by atoms with Crippen LogP contribution < -0.4 is 10.6 Å². The second kappa shape index (κ2) is 10.5. The minimum Gasteiger partial charge on any atom is -0.480 e. The minimum absolute atomic E-state index is 0.0197. The lowest BCUT2D eigenvalue weighted by Crippen LogP contribution is -2.46. The molecule has 8 nitrogen and oxygen atoms in total. The molecule has 0 spiro atoms. The van der Waals surface area contributed by atoms with Gasteiger partial charge in [0.15, 0.2) is 0 Å². The maximum atomic E-state index is 12.5. The van der Waals surface area contributed by atoms with Crippen molar-refractivity contribution in [2.24, 2.45) is 0 Å². The zero-order chi connectivity index (χ0) is 24.0. The molecule has 1 aliphatic carbocycles. The number of hydrogen-bond donors (Lipinski definition) is 4. The van der Waals surface area contributed by atoms with Crippen molar-refractivity contribution in [3.63, 3.8) is 0 Å². The molecule has 0 heterocycles. The summed E-state index contributed by atoms with van der Waals surface area (Å²) >= 11 is 0. The Balaban J connectivity index is 1.52. The molecule has 2 aromatic carbocycles. The number of alkyl carbamates (subject to hydrolysis) is 1. The number of aliphatic hydroxyl groups excluding tert-OH is 1. The van der Waals surface area contributed by atoms with Crippen LogP contribution in [0, 0.1) is 0 Å². The Morgan fingerprint density at radius 2 is 1.61 bits per heavy atom. The van der Waals surface area contributed by atoms with Crippen molar-refractivity contribution in [1.82, 2.24) is 10.6 Å². The van der Waals surface area contributed by atoms with Gasteiger partial charge in [0.25, 0.3) is 0 Å². The summed E-state index contributed by atoms with van der Waals surface area (Å²) in [5, 5.41) is 23.2. The molecule has 0 radical (unpaired) electrons. The first kappa shape index (κ1) is 24.3. The fraction of sp³-hybridized carbons (Fsp3) is 0.400. The number of carboxylic acids is 1. The lowest BCUT2D eigenvalue weighted by molar-refractivity contribution is -0.142. The number of nitrogens with one attached hydrogen (secondary N) is 2. The number of benzene rings is 2. The molecule has 2 amide bonds. The van der Waals surface area contributed by atoms with E-state index in [9.17, 15) is 14.4 Å². The normalized spacial score (nSPS) is 13.5. The maximum absolute atomic E-state index is 12.5. The largest absolute Gasteiger partial charge is 0.480 e. The maximum Gasteiger partial charge on any atom is 0.407 e. The number of carbonyl (C=O) groups is 3. The van der Waals surface area contributed by atoms with Crippen LogP contribution in [-0.2, 0) is 14.3 Å². The second-order valence-electron chi connectivity index (χ2n) is 8.81. The fourth-order valence-electron chi connectivity index (χ4n) is 4.05. The molecule has 33 heavy (non-hydrogen) atoms. The lowest BCUT2D eigenvalue weighted by Gasteiger charge is -2.26. The van der Waals surface area contributed by atoms with E-state index in [4.69, 9.17) is 14.9 Å². The molecule has 0 saturated heterocycles. The summed E-state index contributed by atoms with van der Waals surface area (Å²) in [4.78, 5) is 35.7. The number of carbonyl (C=O) groups excluding carboxylic acids is 2. The summed E-state index contributed by atoms with van der Waals surface area (Å²) < 4.78 is 5.55. The van der Waals surface area contributed by atoms with Gasteiger partial charge in [-0.3, -0.25) is 4.79 Å². The molecule has 1 aliphatic rings. The number of aliphatic hydroxyl groups is 1. The molecule has 1 atom stereocenters. The van der Waals surface area contributed by atoms with Gasteiger partial charge in [0.2, 0.25) is 5.91 Å². The van der Waals surface area contributed by atoms with Gasteiger partial charge in [-0.1, -0.05) is 48.5 Å². The minimum atomic E-state index is -1.20. The molecule has 0 saturated carbocycles. The standard InChI is InChI=1S/C25H30N2O6/c1-25(2,13-11-22(29)26-21(12-14-28)23(30)31)27-24(32)33-15-20-18-9-5-3-7-16(18)17-8-4-6-10-19(17)20/h3-10,20-21,28H,11-15H2,1-2H3,(H,26,29)(H,27,32)(H,30,31)/t21-/m1/s1. The van der Waals surface area contributed by atoms with Gasteiger partial charge in [-0.05, 0) is 42.5 Å². The first-order chi connectivity index (χ1) is 15.7. The van der Waals surface area contributed by atoms with E-state index in [0.29, 0.717) is 0 Å². The van der Waals surface area contributed by atoms with Crippen LogP contribution in [0.1, 0.15) is 50.2 Å². The molecule has 4 N–H and O–H groups in total. The van der Waals surface area contributed by atoms with E-state index < -0.39 is 29.6 Å². The highest BCUT2D eigenvalue weighted by Crippen LogP contribution is 2.44. The number of hydrogen-bond acceptors (Lipinski definition) is 5. The van der Waals surface area contributed by atoms with Crippen molar-refractivity contribution >= 4 is 18.0 Å². The van der Waals surface area contributed by atoms with Crippen LogP contribution in [-0.4, -0.2) is 53.0 Å². The highest BCUT2D eigenvalue weighted by atomic mass is 16.5. The van der Waals surface area contributed by atoms with E-state index in [1.807, 2.05) is 36.4 Å². The molecule has 0 fully saturated rings. The molecule has 0 aliphatic heterocycles. The Bertz CT molecular complexity index is 974. The van der Waals surface area contributed by atoms with Gasteiger partial charge >= 0.3 is 12.1 Å². The van der Waals surface area contributed by atoms with Gasteiger partial charge < -0.3 is 25.6 Å². The van der Waals surface area contributed by atoms with Gasteiger partial charge in [0.05, 0.1) is 0 Å². The first-order valence-electron chi connectivity index (χ1n) is 11.0. The third kappa shape index (κ3) is 6.10. The van der Waals surface area contributed by atoms with E-state index in [1.165, 1.54) is 0 Å². The van der Waals surface area contributed by atoms with Crippen LogP contribution >= 0.6 is 0 Å². The topological polar surface area (TPSA) is 125 Å². The number of rotatable bonds is 10. The molecule has 2 aromatic rings. The Kier molecular flexibility index (Phi) is 7.71. The van der Waals surface area contributed by atoms with Crippen molar-refractivity contribution in [2.75, 3.05) is 13.2 Å². The number of aliphatic carboxylic acids is 1. The average molecular weight is 455 g/mol. The smallest absolute Gasteiger partial charge is 0.407 e. The van der Waals surface area contributed by atoms with Crippen molar-refractivity contribution < 1.29 is 29.3 Å². The third-order valence-electron chi connectivity index (χ3n) is 5.81. The van der Waals surface area contributed by atoms with Crippen molar-refractivity contribution in [1.29, 1.82) is 0 Å². The predicted octanol–water partition coefficient (Wildman–Crippen LogP) is 3.04. The van der Waals surface area contributed by atoms with Crippen molar-refractivity contribution in [3.8, 4) is 11.1 Å². The molecule has 0 aromatic heterocycles. The SMILES string of the molecule is CC(C)(CCC(=O)N[C@H](CCO)C(=O)O)NC(=O)OCC1c2ccccc2-c2ccccc21.